The summed E-state index contributed by atoms with van der Waals surface area (Å²) in [5.74, 6) is 1.55. The first-order valence-corrected chi connectivity index (χ1v) is 8.37. The summed E-state index contributed by atoms with van der Waals surface area (Å²) < 4.78 is 26.4. The molecule has 2 saturated carbocycles. The summed E-state index contributed by atoms with van der Waals surface area (Å²) in [6.07, 6.45) is 10.1. The van der Waals surface area contributed by atoms with Gasteiger partial charge in [-0.25, -0.2) is 9.78 Å². The predicted molar refractivity (Wildman–Crippen MR) is 81.9 cm³/mol. The van der Waals surface area contributed by atoms with Gasteiger partial charge in [0.25, 0.3) is 0 Å². The first-order valence-electron chi connectivity index (χ1n) is 8.37. The van der Waals surface area contributed by atoms with Crippen LogP contribution >= 0.6 is 0 Å². The number of hydrogen-bond donors (Lipinski definition) is 1. The number of rotatable bonds is 5. The van der Waals surface area contributed by atoms with Crippen molar-refractivity contribution in [1.82, 2.24) is 19.8 Å². The number of amides is 2. The SMILES string of the molecule is CN(Cc1nccn1C(F)F)C(=O)NC1CC1C1CCCCC1. The van der Waals surface area contributed by atoms with E-state index in [0.29, 0.717) is 5.92 Å². The Bertz CT molecular complexity index is 542. The Morgan fingerprint density at radius 2 is 2.17 bits per heavy atom. The number of imidazole rings is 1. The maximum absolute atomic E-state index is 12.8. The van der Waals surface area contributed by atoms with Crippen molar-refractivity contribution >= 4 is 6.03 Å². The van der Waals surface area contributed by atoms with Crippen LogP contribution in [0.1, 0.15) is 50.9 Å². The van der Waals surface area contributed by atoms with Crippen molar-refractivity contribution < 1.29 is 13.6 Å². The number of carbonyl (C=O) groups is 1. The summed E-state index contributed by atoms with van der Waals surface area (Å²) in [6.45, 7) is -2.56. The summed E-state index contributed by atoms with van der Waals surface area (Å²) in [5, 5.41) is 3.02. The quantitative estimate of drug-likeness (QED) is 0.902. The summed E-state index contributed by atoms with van der Waals surface area (Å²) in [5.41, 5.74) is 0. The van der Waals surface area contributed by atoms with Crippen LogP contribution in [0.2, 0.25) is 0 Å². The van der Waals surface area contributed by atoms with Crippen molar-refractivity contribution in [3.63, 3.8) is 0 Å². The Hall–Kier alpha value is -1.66. The number of urea groups is 1. The van der Waals surface area contributed by atoms with E-state index < -0.39 is 6.55 Å². The third kappa shape index (κ3) is 3.82. The van der Waals surface area contributed by atoms with Crippen molar-refractivity contribution in [3.8, 4) is 0 Å². The van der Waals surface area contributed by atoms with Gasteiger partial charge in [-0.2, -0.15) is 8.78 Å². The number of alkyl halides is 2. The zero-order chi connectivity index (χ0) is 16.4. The zero-order valence-electron chi connectivity index (χ0n) is 13.4. The van der Waals surface area contributed by atoms with E-state index in [4.69, 9.17) is 0 Å². The van der Waals surface area contributed by atoms with Crippen LogP contribution in [-0.2, 0) is 6.54 Å². The van der Waals surface area contributed by atoms with Crippen molar-refractivity contribution in [3.05, 3.63) is 18.2 Å². The smallest absolute Gasteiger partial charge is 0.319 e. The molecule has 2 fully saturated rings. The molecular formula is C16H24F2N4O. The Morgan fingerprint density at radius 1 is 1.43 bits per heavy atom. The van der Waals surface area contributed by atoms with Gasteiger partial charge in [-0.1, -0.05) is 32.1 Å². The van der Waals surface area contributed by atoms with Gasteiger partial charge in [0.1, 0.15) is 5.82 Å². The molecule has 7 heteroatoms. The zero-order valence-corrected chi connectivity index (χ0v) is 13.4. The van der Waals surface area contributed by atoms with Crippen LogP contribution in [0.25, 0.3) is 0 Å². The third-order valence-electron chi connectivity index (χ3n) is 5.09. The Balaban J connectivity index is 1.48. The van der Waals surface area contributed by atoms with E-state index in [9.17, 15) is 13.6 Å². The van der Waals surface area contributed by atoms with Gasteiger partial charge in [0, 0.05) is 25.5 Å². The highest BCUT2D eigenvalue weighted by Gasteiger charge is 2.44. The number of nitrogens with zero attached hydrogens (tertiary/aromatic N) is 3. The molecule has 1 aromatic rings. The first kappa shape index (κ1) is 16.2. The molecule has 0 radical (unpaired) electrons. The molecule has 1 heterocycles. The van der Waals surface area contributed by atoms with E-state index in [1.54, 1.807) is 7.05 Å². The minimum atomic E-state index is -2.64. The predicted octanol–water partition coefficient (Wildman–Crippen LogP) is 3.39. The van der Waals surface area contributed by atoms with Crippen molar-refractivity contribution in [1.29, 1.82) is 0 Å². The lowest BCUT2D eigenvalue weighted by molar-refractivity contribution is 0.0651. The highest BCUT2D eigenvalue weighted by Crippen LogP contribution is 2.44. The number of halogens is 2. The molecular weight excluding hydrogens is 302 g/mol. The second-order valence-corrected chi connectivity index (χ2v) is 6.74. The molecule has 0 aliphatic heterocycles. The van der Waals surface area contributed by atoms with Crippen LogP contribution in [0.4, 0.5) is 13.6 Å². The van der Waals surface area contributed by atoms with Crippen LogP contribution in [-0.4, -0.2) is 33.6 Å². The van der Waals surface area contributed by atoms with Crippen LogP contribution in [0.15, 0.2) is 12.4 Å². The topological polar surface area (TPSA) is 50.2 Å². The van der Waals surface area contributed by atoms with Crippen LogP contribution in [0.3, 0.4) is 0 Å². The Labute approximate surface area is 135 Å². The molecule has 23 heavy (non-hydrogen) atoms. The van der Waals surface area contributed by atoms with Gasteiger partial charge >= 0.3 is 12.6 Å². The lowest BCUT2D eigenvalue weighted by Crippen LogP contribution is -2.39. The number of carbonyl (C=O) groups excluding carboxylic acids is 1. The highest BCUT2D eigenvalue weighted by molar-refractivity contribution is 5.74. The van der Waals surface area contributed by atoms with Crippen LogP contribution < -0.4 is 5.32 Å². The monoisotopic (exact) mass is 326 g/mol. The van der Waals surface area contributed by atoms with Crippen molar-refractivity contribution in [2.24, 2.45) is 11.8 Å². The average molecular weight is 326 g/mol. The maximum atomic E-state index is 12.8. The second-order valence-electron chi connectivity index (χ2n) is 6.74. The number of hydrogen-bond acceptors (Lipinski definition) is 2. The van der Waals surface area contributed by atoms with E-state index in [0.717, 1.165) is 16.9 Å². The van der Waals surface area contributed by atoms with Crippen LogP contribution in [0, 0.1) is 11.8 Å². The molecule has 3 rings (SSSR count). The lowest BCUT2D eigenvalue weighted by Gasteiger charge is -2.22. The fraction of sp³-hybridized carbons (Fsp3) is 0.750. The molecule has 5 nitrogen and oxygen atoms in total. The molecule has 2 amide bonds. The van der Waals surface area contributed by atoms with Gasteiger partial charge in [0.15, 0.2) is 0 Å². The van der Waals surface area contributed by atoms with Gasteiger partial charge in [0.05, 0.1) is 6.54 Å². The molecule has 2 aliphatic carbocycles. The molecule has 0 aromatic carbocycles. The summed E-state index contributed by atoms with van der Waals surface area (Å²) in [6, 6.07) is 0.0417. The average Bonchev–Trinajstić information content (AvgIpc) is 3.14. The molecule has 2 atom stereocenters. The van der Waals surface area contributed by atoms with Crippen molar-refractivity contribution in [2.45, 2.75) is 57.7 Å². The fourth-order valence-electron chi connectivity index (χ4n) is 3.66. The number of aromatic nitrogens is 2. The van der Waals surface area contributed by atoms with Gasteiger partial charge in [-0.15, -0.1) is 0 Å². The van der Waals surface area contributed by atoms with E-state index >= 15 is 0 Å². The molecule has 1 aromatic heterocycles. The minimum Gasteiger partial charge on any atom is -0.335 e. The largest absolute Gasteiger partial charge is 0.335 e. The molecule has 1 N–H and O–H groups in total. The van der Waals surface area contributed by atoms with Gasteiger partial charge < -0.3 is 10.2 Å². The normalized spacial score (nSPS) is 24.7. The summed E-state index contributed by atoms with van der Waals surface area (Å²) >= 11 is 0. The lowest BCUT2D eigenvalue weighted by atomic mass is 9.85. The second kappa shape index (κ2) is 6.84. The molecule has 2 unspecified atom stereocenters. The summed E-state index contributed by atoms with van der Waals surface area (Å²) in [7, 11) is 1.61. The first-order chi connectivity index (χ1) is 11.1. The van der Waals surface area contributed by atoms with E-state index in [1.807, 2.05) is 0 Å². The molecule has 0 saturated heterocycles. The van der Waals surface area contributed by atoms with E-state index in [-0.39, 0.29) is 24.4 Å². The highest BCUT2D eigenvalue weighted by atomic mass is 19.3. The van der Waals surface area contributed by atoms with Gasteiger partial charge in [0.2, 0.25) is 0 Å². The van der Waals surface area contributed by atoms with Gasteiger partial charge in [-0.05, 0) is 18.3 Å². The van der Waals surface area contributed by atoms with Crippen molar-refractivity contribution in [2.75, 3.05) is 7.05 Å². The molecule has 128 valence electrons. The Morgan fingerprint density at radius 3 is 2.87 bits per heavy atom. The Kier molecular flexibility index (Phi) is 4.82. The third-order valence-corrected chi connectivity index (χ3v) is 5.09. The minimum absolute atomic E-state index is 0.0734. The van der Waals surface area contributed by atoms with E-state index in [2.05, 4.69) is 10.3 Å². The standard InChI is InChI=1S/C16H24F2N4O/c1-21(10-14-19-7-8-22(14)15(17)18)16(23)20-13-9-12(13)11-5-3-2-4-6-11/h7-8,11-13,15H,2-6,9-10H2,1H3,(H,20,23). The molecule has 0 bridgehead atoms. The summed E-state index contributed by atoms with van der Waals surface area (Å²) in [4.78, 5) is 17.5. The van der Waals surface area contributed by atoms with E-state index in [1.165, 1.54) is 49.4 Å². The van der Waals surface area contributed by atoms with Gasteiger partial charge in [-0.3, -0.25) is 4.57 Å². The number of nitrogens with one attached hydrogen (secondary N) is 1. The molecule has 0 spiro atoms. The fourth-order valence-corrected chi connectivity index (χ4v) is 3.66. The maximum Gasteiger partial charge on any atom is 0.319 e. The van der Waals surface area contributed by atoms with Crippen LogP contribution in [0.5, 0.6) is 0 Å². The molecule has 2 aliphatic rings.